The molecular weight excluding hydrogens is 270 g/mol. The molecule has 1 aromatic heterocycles. The van der Waals surface area contributed by atoms with E-state index in [4.69, 9.17) is 17.3 Å². The third-order valence-electron chi connectivity index (χ3n) is 3.98. The molecule has 0 spiro atoms. The summed E-state index contributed by atoms with van der Waals surface area (Å²) in [6.07, 6.45) is 3.58. The van der Waals surface area contributed by atoms with E-state index in [0.29, 0.717) is 11.0 Å². The average Bonchev–Trinajstić information content (AvgIpc) is 3.00. The SMILES string of the molecule is Nc1nc2cc(Cl)ccc2n1-c1ccc2c(c1)CCC2. The summed E-state index contributed by atoms with van der Waals surface area (Å²) in [5, 5.41) is 0.677. The molecule has 100 valence electrons. The second-order valence-corrected chi connectivity index (χ2v) is 5.68. The third kappa shape index (κ3) is 1.70. The van der Waals surface area contributed by atoms with Gasteiger partial charge in [-0.15, -0.1) is 0 Å². The van der Waals surface area contributed by atoms with Crippen LogP contribution in [0.15, 0.2) is 36.4 Å². The summed E-state index contributed by atoms with van der Waals surface area (Å²) in [5.41, 5.74) is 11.9. The molecule has 1 heterocycles. The van der Waals surface area contributed by atoms with E-state index >= 15 is 0 Å². The molecule has 4 heteroatoms. The van der Waals surface area contributed by atoms with Gasteiger partial charge in [-0.3, -0.25) is 4.57 Å². The van der Waals surface area contributed by atoms with Crippen molar-refractivity contribution >= 4 is 28.6 Å². The number of fused-ring (bicyclic) bond motifs is 2. The molecular formula is C16H14ClN3. The largest absolute Gasteiger partial charge is 0.369 e. The van der Waals surface area contributed by atoms with E-state index < -0.39 is 0 Å². The van der Waals surface area contributed by atoms with E-state index in [1.807, 2.05) is 22.8 Å². The minimum atomic E-state index is 0.500. The van der Waals surface area contributed by atoms with Gasteiger partial charge in [0, 0.05) is 10.7 Å². The van der Waals surface area contributed by atoms with Crippen LogP contribution in [0.3, 0.4) is 0 Å². The van der Waals surface area contributed by atoms with Crippen LogP contribution < -0.4 is 5.73 Å². The van der Waals surface area contributed by atoms with Gasteiger partial charge >= 0.3 is 0 Å². The molecule has 3 aromatic rings. The molecule has 0 saturated heterocycles. The first-order valence-electron chi connectivity index (χ1n) is 6.78. The third-order valence-corrected chi connectivity index (χ3v) is 4.22. The van der Waals surface area contributed by atoms with Gasteiger partial charge in [-0.05, 0) is 60.7 Å². The van der Waals surface area contributed by atoms with Crippen LogP contribution in [-0.2, 0) is 12.8 Å². The molecule has 0 atom stereocenters. The number of benzene rings is 2. The summed E-state index contributed by atoms with van der Waals surface area (Å²) in [7, 11) is 0. The van der Waals surface area contributed by atoms with Gasteiger partial charge in [-0.1, -0.05) is 17.7 Å². The van der Waals surface area contributed by atoms with Gasteiger partial charge in [0.1, 0.15) is 0 Å². The zero-order valence-corrected chi connectivity index (χ0v) is 11.7. The fraction of sp³-hybridized carbons (Fsp3) is 0.188. The number of anilines is 1. The maximum Gasteiger partial charge on any atom is 0.205 e. The molecule has 0 aliphatic heterocycles. The Balaban J connectivity index is 1.96. The number of aromatic nitrogens is 2. The van der Waals surface area contributed by atoms with E-state index in [1.165, 1.54) is 24.0 Å². The van der Waals surface area contributed by atoms with Crippen LogP contribution in [0.4, 0.5) is 5.95 Å². The van der Waals surface area contributed by atoms with Gasteiger partial charge in [0.25, 0.3) is 0 Å². The Bertz CT molecular complexity index is 820. The highest BCUT2D eigenvalue weighted by Gasteiger charge is 2.14. The van der Waals surface area contributed by atoms with Crippen molar-refractivity contribution in [2.75, 3.05) is 5.73 Å². The zero-order valence-electron chi connectivity index (χ0n) is 10.9. The van der Waals surface area contributed by atoms with E-state index in [9.17, 15) is 0 Å². The topological polar surface area (TPSA) is 43.8 Å². The number of hydrogen-bond acceptors (Lipinski definition) is 2. The van der Waals surface area contributed by atoms with Gasteiger partial charge in [0.15, 0.2) is 0 Å². The normalized spacial score (nSPS) is 13.8. The molecule has 3 nitrogen and oxygen atoms in total. The molecule has 0 unspecified atom stereocenters. The number of imidazole rings is 1. The molecule has 0 saturated carbocycles. The lowest BCUT2D eigenvalue weighted by Gasteiger charge is -2.09. The summed E-state index contributed by atoms with van der Waals surface area (Å²) < 4.78 is 1.99. The van der Waals surface area contributed by atoms with Crippen LogP contribution in [-0.4, -0.2) is 9.55 Å². The van der Waals surface area contributed by atoms with Crippen molar-refractivity contribution in [1.82, 2.24) is 9.55 Å². The van der Waals surface area contributed by atoms with E-state index in [2.05, 4.69) is 23.2 Å². The van der Waals surface area contributed by atoms with Crippen LogP contribution in [0.1, 0.15) is 17.5 Å². The number of hydrogen-bond donors (Lipinski definition) is 1. The minimum absolute atomic E-state index is 0.500. The van der Waals surface area contributed by atoms with Crippen molar-refractivity contribution in [3.8, 4) is 5.69 Å². The highest BCUT2D eigenvalue weighted by atomic mass is 35.5. The van der Waals surface area contributed by atoms with E-state index in [-0.39, 0.29) is 0 Å². The molecule has 0 radical (unpaired) electrons. The fourth-order valence-electron chi connectivity index (χ4n) is 3.04. The summed E-state index contributed by atoms with van der Waals surface area (Å²) >= 11 is 6.01. The summed E-state index contributed by atoms with van der Waals surface area (Å²) in [6.45, 7) is 0. The molecule has 0 bridgehead atoms. The number of nitrogens with two attached hydrogens (primary N) is 1. The molecule has 0 amide bonds. The maximum absolute atomic E-state index is 6.09. The van der Waals surface area contributed by atoms with Crippen LogP contribution in [0.25, 0.3) is 16.7 Å². The summed E-state index contributed by atoms with van der Waals surface area (Å²) in [5.74, 6) is 0.500. The zero-order chi connectivity index (χ0) is 13.7. The predicted molar refractivity (Wildman–Crippen MR) is 82.5 cm³/mol. The van der Waals surface area contributed by atoms with Gasteiger partial charge in [0.05, 0.1) is 11.0 Å². The highest BCUT2D eigenvalue weighted by molar-refractivity contribution is 6.31. The molecule has 1 aliphatic rings. The second-order valence-electron chi connectivity index (χ2n) is 5.25. The Hall–Kier alpha value is -2.00. The predicted octanol–water partition coefficient (Wildman–Crippen LogP) is 3.75. The molecule has 2 N–H and O–H groups in total. The number of nitrogens with zero attached hydrogens (tertiary/aromatic N) is 2. The first-order chi connectivity index (χ1) is 9.72. The maximum atomic E-state index is 6.09. The number of aryl methyl sites for hydroxylation is 2. The monoisotopic (exact) mass is 283 g/mol. The number of halogens is 1. The Morgan fingerprint density at radius 1 is 1.05 bits per heavy atom. The van der Waals surface area contributed by atoms with Crippen molar-refractivity contribution in [2.24, 2.45) is 0 Å². The summed E-state index contributed by atoms with van der Waals surface area (Å²) in [4.78, 5) is 4.40. The summed E-state index contributed by atoms with van der Waals surface area (Å²) in [6, 6.07) is 12.2. The van der Waals surface area contributed by atoms with Crippen molar-refractivity contribution in [3.05, 3.63) is 52.5 Å². The van der Waals surface area contributed by atoms with Gasteiger partial charge in [-0.2, -0.15) is 0 Å². The lowest BCUT2D eigenvalue weighted by molar-refractivity contribution is 0.911. The van der Waals surface area contributed by atoms with E-state index in [0.717, 1.165) is 23.1 Å². The van der Waals surface area contributed by atoms with Crippen molar-refractivity contribution in [1.29, 1.82) is 0 Å². The Kier molecular flexibility index (Phi) is 2.51. The van der Waals surface area contributed by atoms with Crippen molar-refractivity contribution < 1.29 is 0 Å². The molecule has 4 rings (SSSR count). The van der Waals surface area contributed by atoms with Crippen LogP contribution >= 0.6 is 11.6 Å². The number of nitrogen functional groups attached to an aromatic ring is 1. The first-order valence-corrected chi connectivity index (χ1v) is 7.16. The number of rotatable bonds is 1. The van der Waals surface area contributed by atoms with Gasteiger partial charge < -0.3 is 5.73 Å². The molecule has 1 aliphatic carbocycles. The van der Waals surface area contributed by atoms with Crippen molar-refractivity contribution in [3.63, 3.8) is 0 Å². The standard InChI is InChI=1S/C16H14ClN3/c17-12-5-7-15-14(9-12)19-16(18)20(15)13-6-4-10-2-1-3-11(10)8-13/h4-9H,1-3H2,(H2,18,19). The fourth-order valence-corrected chi connectivity index (χ4v) is 3.21. The Morgan fingerprint density at radius 2 is 1.90 bits per heavy atom. The molecule has 2 aromatic carbocycles. The molecule has 20 heavy (non-hydrogen) atoms. The smallest absolute Gasteiger partial charge is 0.205 e. The van der Waals surface area contributed by atoms with Crippen LogP contribution in [0, 0.1) is 0 Å². The van der Waals surface area contributed by atoms with Gasteiger partial charge in [-0.25, -0.2) is 4.98 Å². The first kappa shape index (κ1) is 11.8. The average molecular weight is 284 g/mol. The Labute approximate surface area is 122 Å². The lowest BCUT2D eigenvalue weighted by atomic mass is 10.1. The van der Waals surface area contributed by atoms with Crippen LogP contribution in [0.5, 0.6) is 0 Å². The van der Waals surface area contributed by atoms with Gasteiger partial charge in [0.2, 0.25) is 5.95 Å². The van der Waals surface area contributed by atoms with Crippen LogP contribution in [0.2, 0.25) is 5.02 Å². The molecule has 0 fully saturated rings. The minimum Gasteiger partial charge on any atom is -0.369 e. The highest BCUT2D eigenvalue weighted by Crippen LogP contribution is 2.29. The lowest BCUT2D eigenvalue weighted by Crippen LogP contribution is -2.01. The second kappa shape index (κ2) is 4.25. The quantitative estimate of drug-likeness (QED) is 0.739. The van der Waals surface area contributed by atoms with Crippen molar-refractivity contribution in [2.45, 2.75) is 19.3 Å². The Morgan fingerprint density at radius 3 is 2.80 bits per heavy atom. The van der Waals surface area contributed by atoms with E-state index in [1.54, 1.807) is 0 Å².